The average molecular weight is 786 g/mol. The molecule has 20 heteroatoms. The van der Waals surface area contributed by atoms with Crippen LogP contribution < -0.4 is 9.80 Å². The molecule has 0 unspecified atom stereocenters. The van der Waals surface area contributed by atoms with E-state index in [4.69, 9.17) is 0 Å². The number of nitrogens with one attached hydrogen (secondary N) is 2. The molecule has 0 radical (unpaired) electrons. The number of hydrogen-bond acceptors (Lipinski definition) is 14. The number of pyridine rings is 1. The van der Waals surface area contributed by atoms with Gasteiger partial charge in [0, 0.05) is 104 Å². The van der Waals surface area contributed by atoms with Crippen LogP contribution >= 0.6 is 34.0 Å². The van der Waals surface area contributed by atoms with Gasteiger partial charge in [-0.2, -0.15) is 19.9 Å². The van der Waals surface area contributed by atoms with Crippen molar-refractivity contribution in [1.82, 2.24) is 43.5 Å². The highest BCUT2D eigenvalue weighted by molar-refractivity contribution is 7.89. The van der Waals surface area contributed by atoms with Crippen LogP contribution in [-0.4, -0.2) is 113 Å². The van der Waals surface area contributed by atoms with Gasteiger partial charge in [0.25, 0.3) is 20.0 Å². The summed E-state index contributed by atoms with van der Waals surface area (Å²) in [6.07, 6.45) is 4.80. The second kappa shape index (κ2) is 14.9. The van der Waals surface area contributed by atoms with Gasteiger partial charge in [-0.1, -0.05) is 6.07 Å². The van der Waals surface area contributed by atoms with Crippen molar-refractivity contribution in [1.29, 1.82) is 0 Å². The third kappa shape index (κ3) is 7.76. The first-order chi connectivity index (χ1) is 24.6. The lowest BCUT2D eigenvalue weighted by Gasteiger charge is -2.33. The summed E-state index contributed by atoms with van der Waals surface area (Å²) >= 11 is 4.79. The van der Waals surface area contributed by atoms with E-state index in [1.165, 1.54) is 21.0 Å². The molecule has 15 nitrogen and oxygen atoms in total. The molecule has 0 spiro atoms. The molecular formula is C31H35N11O4S5. The van der Waals surface area contributed by atoms with Crippen LogP contribution in [0.5, 0.6) is 0 Å². The largest absolute Gasteiger partial charge is 0.345 e. The van der Waals surface area contributed by atoms with E-state index in [9.17, 15) is 16.8 Å². The Kier molecular flexibility index (Phi) is 10.3. The fourth-order valence-corrected chi connectivity index (χ4v) is 10.7. The van der Waals surface area contributed by atoms with Crippen LogP contribution in [0.25, 0.3) is 22.6 Å². The number of nitrogens with zero attached hydrogens (tertiary/aromatic N) is 9. The SMILES string of the molecule is Cc1cnc(S(=O)(=O)N2CCN(c3nc(-c4ccccn4)cs3)CC2)[nH]1.Cc1cnc(S(=O)(=O)N2CCN(c3nc(-c4ccsc4)cs3)CC2)[nH]1. The van der Waals surface area contributed by atoms with E-state index in [-0.39, 0.29) is 10.3 Å². The summed E-state index contributed by atoms with van der Waals surface area (Å²) < 4.78 is 53.4. The third-order valence-electron chi connectivity index (χ3n) is 8.27. The Bertz CT molecular complexity index is 2270. The highest BCUT2D eigenvalue weighted by Crippen LogP contribution is 2.30. The second-order valence-corrected chi connectivity index (χ2v) is 17.9. The lowest BCUT2D eigenvalue weighted by molar-refractivity contribution is 0.381. The first-order valence-electron chi connectivity index (χ1n) is 16.0. The van der Waals surface area contributed by atoms with E-state index < -0.39 is 20.0 Å². The minimum atomic E-state index is -3.57. The molecule has 2 N–H and O–H groups in total. The summed E-state index contributed by atoms with van der Waals surface area (Å²) in [6.45, 7) is 7.66. The topological polar surface area (TPSA) is 177 Å². The number of imidazole rings is 2. The summed E-state index contributed by atoms with van der Waals surface area (Å²) in [4.78, 5) is 31.4. The van der Waals surface area contributed by atoms with E-state index in [2.05, 4.69) is 56.1 Å². The molecule has 51 heavy (non-hydrogen) atoms. The van der Waals surface area contributed by atoms with Gasteiger partial charge in [-0.3, -0.25) is 4.98 Å². The van der Waals surface area contributed by atoms with E-state index >= 15 is 0 Å². The smallest absolute Gasteiger partial charge is 0.276 e. The van der Waals surface area contributed by atoms with Gasteiger partial charge < -0.3 is 19.8 Å². The van der Waals surface area contributed by atoms with Crippen LogP contribution in [0.2, 0.25) is 0 Å². The molecule has 2 aliphatic heterocycles. The fraction of sp³-hybridized carbons (Fsp3) is 0.323. The van der Waals surface area contributed by atoms with Gasteiger partial charge in [0.2, 0.25) is 10.3 Å². The number of thiazole rings is 2. The number of sulfonamides is 2. The number of thiophene rings is 1. The molecule has 0 aromatic carbocycles. The zero-order valence-corrected chi connectivity index (χ0v) is 31.8. The van der Waals surface area contributed by atoms with Gasteiger partial charge in [-0.15, -0.1) is 22.7 Å². The normalized spacial score (nSPS) is 16.3. The predicted octanol–water partition coefficient (Wildman–Crippen LogP) is 4.16. The molecule has 6 aromatic heterocycles. The Balaban J connectivity index is 0.000000159. The molecule has 0 aliphatic carbocycles. The predicted molar refractivity (Wildman–Crippen MR) is 199 cm³/mol. The number of H-pyrrole nitrogens is 2. The van der Waals surface area contributed by atoms with Gasteiger partial charge in [0.15, 0.2) is 10.3 Å². The van der Waals surface area contributed by atoms with Crippen molar-refractivity contribution in [2.75, 3.05) is 62.2 Å². The Labute approximate surface area is 307 Å². The zero-order valence-electron chi connectivity index (χ0n) is 27.7. The summed E-state index contributed by atoms with van der Waals surface area (Å²) in [6, 6.07) is 7.78. The number of aromatic amines is 2. The van der Waals surface area contributed by atoms with Crippen LogP contribution in [0, 0.1) is 13.8 Å². The van der Waals surface area contributed by atoms with Crippen molar-refractivity contribution in [2.45, 2.75) is 24.2 Å². The molecule has 6 aromatic rings. The number of anilines is 2. The van der Waals surface area contributed by atoms with Crippen molar-refractivity contribution in [3.05, 3.63) is 75.8 Å². The molecule has 0 saturated carbocycles. The third-order valence-corrected chi connectivity index (χ3v) is 14.2. The minimum Gasteiger partial charge on any atom is -0.345 e. The number of hydrogen-bond donors (Lipinski definition) is 2. The molecule has 268 valence electrons. The molecule has 8 rings (SSSR count). The molecule has 2 aliphatic rings. The average Bonchev–Trinajstić information content (AvgIpc) is 3.99. The van der Waals surface area contributed by atoms with Crippen molar-refractivity contribution >= 4 is 64.3 Å². The molecule has 0 atom stereocenters. The Morgan fingerprint density at radius 1 is 0.627 bits per heavy atom. The molecule has 2 fully saturated rings. The Hall–Kier alpha value is -4.05. The zero-order chi connectivity index (χ0) is 35.6. The highest BCUT2D eigenvalue weighted by atomic mass is 32.2. The maximum absolute atomic E-state index is 12.6. The summed E-state index contributed by atoms with van der Waals surface area (Å²) in [5, 5.41) is 9.99. The molecule has 2 saturated heterocycles. The molecule has 8 heterocycles. The van der Waals surface area contributed by atoms with Crippen molar-refractivity contribution in [2.24, 2.45) is 0 Å². The minimum absolute atomic E-state index is 0.00939. The number of piperazine rings is 2. The standard InChI is InChI=1S/C16H18N6O2S2.C15H17N5O2S3/c1-12-10-18-15(19-12)26(23,24)22-8-6-21(7-9-22)16-20-14(11-25-16)13-4-2-3-5-17-13;1-11-8-16-14(17-11)25(21,22)20-5-3-19(4-6-20)15-18-13(10-24-15)12-2-7-23-9-12/h2-5,10-11H,6-9H2,1H3,(H,18,19);2,7-10H,3-6H2,1H3,(H,16,17). The van der Waals surface area contributed by atoms with Gasteiger partial charge in [0.1, 0.15) is 5.69 Å². The van der Waals surface area contributed by atoms with Crippen LogP contribution in [-0.2, 0) is 20.0 Å². The number of aromatic nitrogens is 7. The fourth-order valence-electron chi connectivity index (χ4n) is 5.52. The second-order valence-electron chi connectivity index (χ2n) is 11.8. The monoisotopic (exact) mass is 785 g/mol. The first-order valence-corrected chi connectivity index (χ1v) is 21.5. The molecule has 0 amide bonds. The van der Waals surface area contributed by atoms with Crippen LogP contribution in [0.3, 0.4) is 0 Å². The number of rotatable bonds is 8. The van der Waals surface area contributed by atoms with E-state index in [0.717, 1.165) is 44.3 Å². The number of aryl methyl sites for hydroxylation is 2. The van der Waals surface area contributed by atoms with E-state index in [1.54, 1.807) is 54.1 Å². The van der Waals surface area contributed by atoms with Crippen molar-refractivity contribution in [3.63, 3.8) is 0 Å². The quantitative estimate of drug-likeness (QED) is 0.227. The van der Waals surface area contributed by atoms with Crippen LogP contribution in [0.1, 0.15) is 11.4 Å². The van der Waals surface area contributed by atoms with Gasteiger partial charge in [0.05, 0.1) is 11.4 Å². The lowest BCUT2D eigenvalue weighted by atomic mass is 10.3. The van der Waals surface area contributed by atoms with Gasteiger partial charge in [-0.25, -0.2) is 36.8 Å². The molecule has 0 bridgehead atoms. The van der Waals surface area contributed by atoms with Crippen LogP contribution in [0.15, 0.2) is 74.7 Å². The molecular weight excluding hydrogens is 751 g/mol. The first kappa shape index (κ1) is 35.4. The maximum atomic E-state index is 12.6. The Morgan fingerprint density at radius 2 is 1.16 bits per heavy atom. The van der Waals surface area contributed by atoms with Gasteiger partial charge >= 0.3 is 0 Å². The summed E-state index contributed by atoms with van der Waals surface area (Å²) in [5.74, 6) is 0. The lowest BCUT2D eigenvalue weighted by Crippen LogP contribution is -2.48. The van der Waals surface area contributed by atoms with Crippen LogP contribution in [0.4, 0.5) is 10.3 Å². The van der Waals surface area contributed by atoms with Crippen molar-refractivity contribution in [3.8, 4) is 22.6 Å². The summed E-state index contributed by atoms with van der Waals surface area (Å²) in [7, 11) is -7.12. The highest BCUT2D eigenvalue weighted by Gasteiger charge is 2.32. The van der Waals surface area contributed by atoms with Gasteiger partial charge in [-0.05, 0) is 37.4 Å². The maximum Gasteiger partial charge on any atom is 0.276 e. The summed E-state index contributed by atoms with van der Waals surface area (Å²) in [5.41, 5.74) is 5.24. The Morgan fingerprint density at radius 3 is 1.61 bits per heavy atom. The van der Waals surface area contributed by atoms with Crippen molar-refractivity contribution < 1.29 is 16.8 Å². The van der Waals surface area contributed by atoms with E-state index in [0.29, 0.717) is 52.4 Å². The van der Waals surface area contributed by atoms with E-state index in [1.807, 2.05) is 34.3 Å².